The van der Waals surface area contributed by atoms with Crippen molar-refractivity contribution in [3.8, 4) is 0 Å². The quantitative estimate of drug-likeness (QED) is 0.903. The lowest BCUT2D eigenvalue weighted by atomic mass is 9.86. The SMILES string of the molecule is Cl.NC1(Cc2ccccc2F)CCS(=O)(=O)CC1. The van der Waals surface area contributed by atoms with Gasteiger partial charge in [0.15, 0.2) is 0 Å². The minimum Gasteiger partial charge on any atom is -0.325 e. The molecule has 1 fully saturated rings. The molecule has 3 nitrogen and oxygen atoms in total. The summed E-state index contributed by atoms with van der Waals surface area (Å²) >= 11 is 0. The molecule has 1 aromatic rings. The molecule has 1 heterocycles. The van der Waals surface area contributed by atoms with Gasteiger partial charge in [0.05, 0.1) is 11.5 Å². The normalized spacial score (nSPS) is 21.0. The molecule has 18 heavy (non-hydrogen) atoms. The van der Waals surface area contributed by atoms with E-state index in [4.69, 9.17) is 5.73 Å². The molecule has 0 unspecified atom stereocenters. The Morgan fingerprint density at radius 1 is 1.22 bits per heavy atom. The van der Waals surface area contributed by atoms with E-state index >= 15 is 0 Å². The number of halogens is 2. The maximum absolute atomic E-state index is 13.5. The number of hydrogen-bond acceptors (Lipinski definition) is 3. The zero-order chi connectivity index (χ0) is 12.5. The van der Waals surface area contributed by atoms with Gasteiger partial charge in [-0.15, -0.1) is 12.4 Å². The Morgan fingerprint density at radius 3 is 2.33 bits per heavy atom. The number of benzene rings is 1. The summed E-state index contributed by atoms with van der Waals surface area (Å²) in [7, 11) is -2.93. The number of hydrogen-bond donors (Lipinski definition) is 1. The molecule has 0 bridgehead atoms. The fraction of sp³-hybridized carbons (Fsp3) is 0.500. The third-order valence-electron chi connectivity index (χ3n) is 3.32. The summed E-state index contributed by atoms with van der Waals surface area (Å²) in [6, 6.07) is 6.50. The highest BCUT2D eigenvalue weighted by molar-refractivity contribution is 7.91. The van der Waals surface area contributed by atoms with E-state index in [-0.39, 0.29) is 29.7 Å². The predicted octanol–water partition coefficient (Wildman–Crippen LogP) is 1.70. The Labute approximate surface area is 113 Å². The Bertz CT molecular complexity index is 505. The fourth-order valence-electron chi connectivity index (χ4n) is 2.14. The van der Waals surface area contributed by atoms with Crippen molar-refractivity contribution < 1.29 is 12.8 Å². The summed E-state index contributed by atoms with van der Waals surface area (Å²) < 4.78 is 36.1. The van der Waals surface area contributed by atoms with Gasteiger partial charge in [0.25, 0.3) is 0 Å². The van der Waals surface area contributed by atoms with E-state index < -0.39 is 15.4 Å². The van der Waals surface area contributed by atoms with Crippen LogP contribution in [0, 0.1) is 5.82 Å². The lowest BCUT2D eigenvalue weighted by molar-refractivity contribution is 0.374. The second-order valence-electron chi connectivity index (χ2n) is 4.78. The molecular formula is C12H17ClFNO2S. The zero-order valence-electron chi connectivity index (χ0n) is 9.93. The minimum absolute atomic E-state index is 0. The van der Waals surface area contributed by atoms with E-state index in [1.54, 1.807) is 18.2 Å². The summed E-state index contributed by atoms with van der Waals surface area (Å²) in [5.74, 6) is -0.0543. The largest absolute Gasteiger partial charge is 0.325 e. The van der Waals surface area contributed by atoms with Gasteiger partial charge in [-0.25, -0.2) is 12.8 Å². The van der Waals surface area contributed by atoms with Gasteiger partial charge >= 0.3 is 0 Å². The van der Waals surface area contributed by atoms with E-state index in [0.29, 0.717) is 24.8 Å². The van der Waals surface area contributed by atoms with Crippen LogP contribution in [0.25, 0.3) is 0 Å². The third-order valence-corrected chi connectivity index (χ3v) is 4.97. The van der Waals surface area contributed by atoms with Gasteiger partial charge in [-0.2, -0.15) is 0 Å². The molecule has 0 radical (unpaired) electrons. The summed E-state index contributed by atoms with van der Waals surface area (Å²) in [5.41, 5.74) is 6.12. The molecule has 0 saturated carbocycles. The minimum atomic E-state index is -2.93. The van der Waals surface area contributed by atoms with Crippen molar-refractivity contribution in [1.29, 1.82) is 0 Å². The molecule has 1 saturated heterocycles. The standard InChI is InChI=1S/C12H16FNO2S.ClH/c13-11-4-2-1-3-10(11)9-12(14)5-7-17(15,16)8-6-12;/h1-4H,5-9,14H2;1H. The van der Waals surface area contributed by atoms with Crippen LogP contribution in [0.4, 0.5) is 4.39 Å². The van der Waals surface area contributed by atoms with Gasteiger partial charge < -0.3 is 5.73 Å². The maximum Gasteiger partial charge on any atom is 0.150 e. The van der Waals surface area contributed by atoms with Gasteiger partial charge in [0, 0.05) is 5.54 Å². The average Bonchev–Trinajstić information content (AvgIpc) is 2.27. The summed E-state index contributed by atoms with van der Waals surface area (Å²) in [6.45, 7) is 0. The van der Waals surface area contributed by atoms with E-state index in [0.717, 1.165) is 0 Å². The number of rotatable bonds is 2. The Morgan fingerprint density at radius 2 is 1.78 bits per heavy atom. The lowest BCUT2D eigenvalue weighted by Gasteiger charge is -2.33. The monoisotopic (exact) mass is 293 g/mol. The Kier molecular flexibility index (Phi) is 4.75. The molecule has 0 amide bonds. The predicted molar refractivity (Wildman–Crippen MR) is 72.2 cm³/mol. The Balaban J connectivity index is 0.00000162. The molecule has 0 aliphatic carbocycles. The number of nitrogens with two attached hydrogens (primary N) is 1. The molecule has 1 aliphatic rings. The third kappa shape index (κ3) is 3.67. The van der Waals surface area contributed by atoms with E-state index in [1.807, 2.05) is 0 Å². The van der Waals surface area contributed by atoms with Crippen LogP contribution < -0.4 is 5.73 Å². The van der Waals surface area contributed by atoms with Crippen molar-refractivity contribution in [3.05, 3.63) is 35.6 Å². The molecule has 0 spiro atoms. The highest BCUT2D eigenvalue weighted by atomic mass is 35.5. The van der Waals surface area contributed by atoms with Crippen LogP contribution in [-0.4, -0.2) is 25.5 Å². The zero-order valence-corrected chi connectivity index (χ0v) is 11.6. The topological polar surface area (TPSA) is 60.2 Å². The molecule has 2 N–H and O–H groups in total. The van der Waals surface area contributed by atoms with Crippen LogP contribution in [-0.2, 0) is 16.3 Å². The van der Waals surface area contributed by atoms with Crippen molar-refractivity contribution in [1.82, 2.24) is 0 Å². The lowest BCUT2D eigenvalue weighted by Crippen LogP contribution is -2.48. The van der Waals surface area contributed by atoms with E-state index in [2.05, 4.69) is 0 Å². The first-order chi connectivity index (χ1) is 7.90. The molecule has 1 aliphatic heterocycles. The maximum atomic E-state index is 13.5. The molecular weight excluding hydrogens is 277 g/mol. The Hall–Kier alpha value is -0.650. The average molecular weight is 294 g/mol. The van der Waals surface area contributed by atoms with Crippen LogP contribution >= 0.6 is 12.4 Å². The first kappa shape index (κ1) is 15.4. The second-order valence-corrected chi connectivity index (χ2v) is 7.09. The van der Waals surface area contributed by atoms with Crippen molar-refractivity contribution in [2.24, 2.45) is 5.73 Å². The molecule has 6 heteroatoms. The van der Waals surface area contributed by atoms with E-state index in [9.17, 15) is 12.8 Å². The molecule has 1 aromatic carbocycles. The smallest absolute Gasteiger partial charge is 0.150 e. The molecule has 102 valence electrons. The van der Waals surface area contributed by atoms with Crippen LogP contribution in [0.2, 0.25) is 0 Å². The molecule has 0 atom stereocenters. The van der Waals surface area contributed by atoms with Gasteiger partial charge in [-0.3, -0.25) is 0 Å². The van der Waals surface area contributed by atoms with Crippen molar-refractivity contribution in [2.45, 2.75) is 24.8 Å². The first-order valence-electron chi connectivity index (χ1n) is 5.63. The summed E-state index contributed by atoms with van der Waals surface area (Å²) in [6.07, 6.45) is 1.21. The van der Waals surface area contributed by atoms with Crippen LogP contribution in [0.3, 0.4) is 0 Å². The fourth-order valence-corrected chi connectivity index (χ4v) is 3.78. The first-order valence-corrected chi connectivity index (χ1v) is 7.45. The number of sulfone groups is 1. The molecule has 2 rings (SSSR count). The van der Waals surface area contributed by atoms with Gasteiger partial charge in [-0.1, -0.05) is 18.2 Å². The van der Waals surface area contributed by atoms with Gasteiger partial charge in [0.2, 0.25) is 0 Å². The van der Waals surface area contributed by atoms with Crippen LogP contribution in [0.15, 0.2) is 24.3 Å². The van der Waals surface area contributed by atoms with Crippen molar-refractivity contribution >= 4 is 22.2 Å². The van der Waals surface area contributed by atoms with Crippen LogP contribution in [0.1, 0.15) is 18.4 Å². The second kappa shape index (κ2) is 5.55. The van der Waals surface area contributed by atoms with E-state index in [1.165, 1.54) is 6.07 Å². The van der Waals surface area contributed by atoms with Crippen LogP contribution in [0.5, 0.6) is 0 Å². The van der Waals surface area contributed by atoms with Crippen molar-refractivity contribution in [3.63, 3.8) is 0 Å². The van der Waals surface area contributed by atoms with Gasteiger partial charge in [-0.05, 0) is 30.9 Å². The summed E-state index contributed by atoms with van der Waals surface area (Å²) in [5, 5.41) is 0. The van der Waals surface area contributed by atoms with Crippen molar-refractivity contribution in [2.75, 3.05) is 11.5 Å². The highest BCUT2D eigenvalue weighted by Gasteiger charge is 2.34. The highest BCUT2D eigenvalue weighted by Crippen LogP contribution is 2.26. The van der Waals surface area contributed by atoms with Gasteiger partial charge in [0.1, 0.15) is 15.7 Å². The molecule has 0 aromatic heterocycles. The summed E-state index contributed by atoms with van der Waals surface area (Å²) in [4.78, 5) is 0.